The van der Waals surface area contributed by atoms with Crippen molar-refractivity contribution in [2.24, 2.45) is 11.7 Å². The second-order valence-electron chi connectivity index (χ2n) is 5.72. The van der Waals surface area contributed by atoms with Gasteiger partial charge in [-0.25, -0.2) is 0 Å². The molecule has 1 aromatic rings. The molecule has 1 saturated heterocycles. The maximum atomic E-state index is 12.2. The van der Waals surface area contributed by atoms with Gasteiger partial charge in [-0.3, -0.25) is 9.69 Å². The van der Waals surface area contributed by atoms with Gasteiger partial charge in [0.15, 0.2) is 0 Å². The monoisotopic (exact) mass is 361 g/mol. The molecule has 1 heterocycles. The highest BCUT2D eigenvalue weighted by Crippen LogP contribution is 2.27. The second kappa shape index (κ2) is 9.98. The number of rotatable bonds is 6. The Hall–Kier alpha value is -1.01. The lowest BCUT2D eigenvalue weighted by Crippen LogP contribution is -2.40. The highest BCUT2D eigenvalue weighted by Gasteiger charge is 2.21. The third-order valence-electron chi connectivity index (χ3n) is 3.98. The summed E-state index contributed by atoms with van der Waals surface area (Å²) in [5.41, 5.74) is 6.31. The Balaban J connectivity index is 0.00000264. The summed E-state index contributed by atoms with van der Waals surface area (Å²) in [6.45, 7) is 3.05. The van der Waals surface area contributed by atoms with Gasteiger partial charge in [0.25, 0.3) is 0 Å². The lowest BCUT2D eigenvalue weighted by Gasteiger charge is -2.32. The summed E-state index contributed by atoms with van der Waals surface area (Å²) in [7, 11) is 1.56. The summed E-state index contributed by atoms with van der Waals surface area (Å²) in [4.78, 5) is 14.4. The van der Waals surface area contributed by atoms with Gasteiger partial charge in [-0.2, -0.15) is 0 Å². The van der Waals surface area contributed by atoms with Crippen LogP contribution in [0.1, 0.15) is 19.3 Å². The van der Waals surface area contributed by atoms with Crippen LogP contribution in [-0.2, 0) is 4.79 Å². The Morgan fingerprint density at radius 1 is 1.52 bits per heavy atom. The number of hydrogen-bond donors (Lipinski definition) is 2. The average Bonchev–Trinajstić information content (AvgIpc) is 2.48. The highest BCUT2D eigenvalue weighted by atomic mass is 35.5. The molecular formula is C16H25Cl2N3O2. The van der Waals surface area contributed by atoms with Crippen molar-refractivity contribution in [2.75, 3.05) is 38.6 Å². The first-order valence-corrected chi connectivity index (χ1v) is 8.06. The molecule has 1 aliphatic heterocycles. The van der Waals surface area contributed by atoms with Crippen molar-refractivity contribution in [1.29, 1.82) is 0 Å². The third-order valence-corrected chi connectivity index (χ3v) is 4.28. The molecule has 3 N–H and O–H groups in total. The summed E-state index contributed by atoms with van der Waals surface area (Å²) in [5, 5.41) is 3.37. The summed E-state index contributed by atoms with van der Waals surface area (Å²) in [5.74, 6) is 1.19. The zero-order valence-electron chi connectivity index (χ0n) is 13.4. The summed E-state index contributed by atoms with van der Waals surface area (Å²) >= 11 is 6.06. The molecule has 1 aromatic carbocycles. The molecule has 1 aliphatic rings. The molecule has 130 valence electrons. The van der Waals surface area contributed by atoms with E-state index in [2.05, 4.69) is 10.2 Å². The molecule has 0 aromatic heterocycles. The maximum Gasteiger partial charge on any atom is 0.238 e. The molecule has 5 nitrogen and oxygen atoms in total. The van der Waals surface area contributed by atoms with Gasteiger partial charge in [-0.05, 0) is 56.5 Å². The first-order chi connectivity index (χ1) is 10.6. The number of nitrogens with two attached hydrogens (primary N) is 1. The first-order valence-electron chi connectivity index (χ1n) is 7.68. The van der Waals surface area contributed by atoms with Crippen LogP contribution in [0.2, 0.25) is 5.02 Å². The molecule has 0 spiro atoms. The van der Waals surface area contributed by atoms with Crippen molar-refractivity contribution in [2.45, 2.75) is 19.3 Å². The minimum absolute atomic E-state index is 0. The maximum absolute atomic E-state index is 12.2. The largest absolute Gasteiger partial charge is 0.495 e. The Morgan fingerprint density at radius 2 is 2.30 bits per heavy atom. The normalized spacial score (nSPS) is 18.1. The smallest absolute Gasteiger partial charge is 0.238 e. The van der Waals surface area contributed by atoms with E-state index in [0.717, 1.165) is 32.5 Å². The van der Waals surface area contributed by atoms with Gasteiger partial charge in [-0.1, -0.05) is 11.6 Å². The highest BCUT2D eigenvalue weighted by molar-refractivity contribution is 6.32. The lowest BCUT2D eigenvalue weighted by molar-refractivity contribution is -0.117. The van der Waals surface area contributed by atoms with Crippen molar-refractivity contribution >= 4 is 35.6 Å². The number of nitrogens with one attached hydrogen (secondary N) is 1. The van der Waals surface area contributed by atoms with Crippen LogP contribution in [0.25, 0.3) is 0 Å². The van der Waals surface area contributed by atoms with Crippen LogP contribution in [-0.4, -0.2) is 44.1 Å². The number of ether oxygens (including phenoxy) is 1. The van der Waals surface area contributed by atoms with E-state index < -0.39 is 0 Å². The Morgan fingerprint density at radius 3 is 2.96 bits per heavy atom. The van der Waals surface area contributed by atoms with Gasteiger partial charge in [0.1, 0.15) is 5.75 Å². The van der Waals surface area contributed by atoms with E-state index >= 15 is 0 Å². The van der Waals surface area contributed by atoms with Crippen LogP contribution in [0.4, 0.5) is 5.69 Å². The number of carbonyl (C=O) groups is 1. The Bertz CT molecular complexity index is 512. The molecule has 0 aliphatic carbocycles. The quantitative estimate of drug-likeness (QED) is 0.817. The van der Waals surface area contributed by atoms with Crippen molar-refractivity contribution in [3.8, 4) is 5.75 Å². The molecule has 2 rings (SSSR count). The van der Waals surface area contributed by atoms with Crippen LogP contribution in [0.15, 0.2) is 18.2 Å². The number of carbonyl (C=O) groups excluding carboxylic acids is 1. The third kappa shape index (κ3) is 6.18. The lowest BCUT2D eigenvalue weighted by atomic mass is 9.95. The van der Waals surface area contributed by atoms with E-state index in [1.54, 1.807) is 25.3 Å². The number of methoxy groups -OCH3 is 1. The zero-order valence-corrected chi connectivity index (χ0v) is 15.0. The minimum Gasteiger partial charge on any atom is -0.495 e. The van der Waals surface area contributed by atoms with Crippen LogP contribution < -0.4 is 15.8 Å². The molecule has 1 fully saturated rings. The Labute approximate surface area is 148 Å². The summed E-state index contributed by atoms with van der Waals surface area (Å²) in [6.07, 6.45) is 3.38. The van der Waals surface area contributed by atoms with Gasteiger partial charge in [0.2, 0.25) is 5.91 Å². The van der Waals surface area contributed by atoms with Gasteiger partial charge in [0, 0.05) is 12.2 Å². The van der Waals surface area contributed by atoms with Crippen molar-refractivity contribution < 1.29 is 9.53 Å². The average molecular weight is 362 g/mol. The fourth-order valence-electron chi connectivity index (χ4n) is 2.91. The van der Waals surface area contributed by atoms with E-state index in [4.69, 9.17) is 22.1 Å². The first kappa shape index (κ1) is 20.0. The summed E-state index contributed by atoms with van der Waals surface area (Å²) in [6, 6.07) is 5.23. The predicted octanol–water partition coefficient (Wildman–Crippen LogP) is 2.77. The number of hydrogen-bond acceptors (Lipinski definition) is 4. The summed E-state index contributed by atoms with van der Waals surface area (Å²) < 4.78 is 5.10. The van der Waals surface area contributed by atoms with Gasteiger partial charge in [0.05, 0.1) is 18.7 Å². The van der Waals surface area contributed by atoms with E-state index in [-0.39, 0.29) is 18.3 Å². The Kier molecular flexibility index (Phi) is 8.69. The van der Waals surface area contributed by atoms with Gasteiger partial charge >= 0.3 is 0 Å². The number of anilines is 1. The van der Waals surface area contributed by atoms with Crippen LogP contribution in [0.3, 0.4) is 0 Å². The SMILES string of the molecule is COc1ccc(NC(=O)CN2CCCC(CCN)C2)cc1Cl.Cl. The molecule has 1 amide bonds. The van der Waals surface area contributed by atoms with Crippen LogP contribution in [0, 0.1) is 5.92 Å². The van der Waals surface area contributed by atoms with E-state index in [1.807, 2.05) is 0 Å². The number of nitrogens with zero attached hydrogens (tertiary/aromatic N) is 1. The topological polar surface area (TPSA) is 67.6 Å². The number of amides is 1. The molecule has 0 bridgehead atoms. The molecule has 0 radical (unpaired) electrons. The van der Waals surface area contributed by atoms with E-state index in [0.29, 0.717) is 28.9 Å². The van der Waals surface area contributed by atoms with Crippen LogP contribution >= 0.6 is 24.0 Å². The van der Waals surface area contributed by atoms with E-state index in [9.17, 15) is 4.79 Å². The predicted molar refractivity (Wildman–Crippen MR) is 96.7 cm³/mol. The second-order valence-corrected chi connectivity index (χ2v) is 6.13. The fraction of sp³-hybridized carbons (Fsp3) is 0.562. The molecule has 1 unspecified atom stereocenters. The molecule has 23 heavy (non-hydrogen) atoms. The minimum atomic E-state index is -0.0189. The van der Waals surface area contributed by atoms with Gasteiger partial charge in [-0.15, -0.1) is 12.4 Å². The zero-order chi connectivity index (χ0) is 15.9. The molecular weight excluding hydrogens is 337 g/mol. The number of likely N-dealkylation sites (tertiary alicyclic amines) is 1. The molecule has 7 heteroatoms. The standard InChI is InChI=1S/C16H24ClN3O2.ClH/c1-22-15-5-4-13(9-14(15)17)19-16(21)11-20-8-2-3-12(10-20)6-7-18;/h4-5,9,12H,2-3,6-8,10-11,18H2,1H3,(H,19,21);1H. The number of piperidine rings is 1. The van der Waals surface area contributed by atoms with Crippen molar-refractivity contribution in [1.82, 2.24) is 4.90 Å². The number of benzene rings is 1. The molecule has 1 atom stereocenters. The number of halogens is 2. The van der Waals surface area contributed by atoms with Gasteiger partial charge < -0.3 is 15.8 Å². The van der Waals surface area contributed by atoms with E-state index in [1.165, 1.54) is 6.42 Å². The molecule has 0 saturated carbocycles. The fourth-order valence-corrected chi connectivity index (χ4v) is 3.17. The van der Waals surface area contributed by atoms with Crippen molar-refractivity contribution in [3.05, 3.63) is 23.2 Å². The van der Waals surface area contributed by atoms with Crippen molar-refractivity contribution in [3.63, 3.8) is 0 Å². The van der Waals surface area contributed by atoms with Crippen LogP contribution in [0.5, 0.6) is 5.75 Å².